The van der Waals surface area contributed by atoms with E-state index in [1.54, 1.807) is 35.8 Å². The maximum absolute atomic E-state index is 13.0. The number of para-hydroxylation sites is 2. The zero-order valence-corrected chi connectivity index (χ0v) is 18.2. The first kappa shape index (κ1) is 21.3. The van der Waals surface area contributed by atoms with Gasteiger partial charge in [0.2, 0.25) is 0 Å². The van der Waals surface area contributed by atoms with Gasteiger partial charge in [0.25, 0.3) is 0 Å². The van der Waals surface area contributed by atoms with Gasteiger partial charge in [-0.3, -0.25) is 4.57 Å². The number of aromatic nitrogens is 3. The van der Waals surface area contributed by atoms with Gasteiger partial charge in [-0.1, -0.05) is 25.1 Å². The molecule has 0 amide bonds. The van der Waals surface area contributed by atoms with Crippen LogP contribution in [0.25, 0.3) is 27.9 Å². The third-order valence-electron chi connectivity index (χ3n) is 5.20. The van der Waals surface area contributed by atoms with Crippen LogP contribution in [0.3, 0.4) is 0 Å². The van der Waals surface area contributed by atoms with Crippen LogP contribution in [0, 0.1) is 0 Å². The molecular formula is C24H24N4O4. The highest BCUT2D eigenvalue weighted by Crippen LogP contribution is 2.32. The van der Waals surface area contributed by atoms with Crippen molar-refractivity contribution in [2.45, 2.75) is 33.3 Å². The van der Waals surface area contributed by atoms with E-state index in [0.29, 0.717) is 39.9 Å². The molecule has 8 heteroatoms. The molecule has 0 aliphatic heterocycles. The topological polar surface area (TPSA) is 109 Å². The predicted octanol–water partition coefficient (Wildman–Crippen LogP) is 4.29. The zero-order chi connectivity index (χ0) is 22.8. The van der Waals surface area contributed by atoms with Crippen LogP contribution in [0.4, 0.5) is 5.82 Å². The quantitative estimate of drug-likeness (QED) is 0.453. The molecule has 0 spiro atoms. The van der Waals surface area contributed by atoms with E-state index in [1.165, 1.54) is 0 Å². The minimum absolute atomic E-state index is 0.143. The summed E-state index contributed by atoms with van der Waals surface area (Å²) >= 11 is 0. The Kier molecular flexibility index (Phi) is 5.77. The highest BCUT2D eigenvalue weighted by molar-refractivity contribution is 6.09. The molecule has 0 radical (unpaired) electrons. The van der Waals surface area contributed by atoms with Crippen molar-refractivity contribution in [2.24, 2.45) is 0 Å². The summed E-state index contributed by atoms with van der Waals surface area (Å²) < 4.78 is 12.3. The molecule has 2 aromatic carbocycles. The second-order valence-electron chi connectivity index (χ2n) is 7.38. The van der Waals surface area contributed by atoms with Crippen LogP contribution < -0.4 is 5.73 Å². The lowest BCUT2D eigenvalue weighted by Crippen LogP contribution is -2.15. The van der Waals surface area contributed by atoms with E-state index in [1.807, 2.05) is 38.1 Å². The molecule has 0 fully saturated rings. The van der Waals surface area contributed by atoms with E-state index in [2.05, 4.69) is 4.98 Å². The number of nitrogen functional groups attached to an aromatic ring is 1. The van der Waals surface area contributed by atoms with Crippen molar-refractivity contribution in [1.29, 1.82) is 0 Å². The first-order valence-electron chi connectivity index (χ1n) is 10.5. The number of hydrogen-bond acceptors (Lipinski definition) is 7. The Hall–Kier alpha value is -3.94. The highest BCUT2D eigenvalue weighted by atomic mass is 16.5. The summed E-state index contributed by atoms with van der Waals surface area (Å²) in [5.74, 6) is -0.867. The molecule has 2 heterocycles. The number of anilines is 1. The minimum atomic E-state index is -0.563. The number of carbonyl (C=O) groups excluding carboxylic acids is 2. The molecule has 2 aromatic heterocycles. The Morgan fingerprint density at radius 3 is 2.44 bits per heavy atom. The molecule has 0 aliphatic carbocycles. The first-order chi connectivity index (χ1) is 15.4. The van der Waals surface area contributed by atoms with E-state index in [-0.39, 0.29) is 24.1 Å². The van der Waals surface area contributed by atoms with Crippen LogP contribution >= 0.6 is 0 Å². The van der Waals surface area contributed by atoms with Gasteiger partial charge in [-0.25, -0.2) is 19.6 Å². The fraction of sp³-hybridized carbons (Fsp3) is 0.250. The van der Waals surface area contributed by atoms with Gasteiger partial charge in [-0.15, -0.1) is 0 Å². The van der Waals surface area contributed by atoms with Crippen LogP contribution in [-0.4, -0.2) is 39.2 Å². The van der Waals surface area contributed by atoms with Crippen molar-refractivity contribution in [3.63, 3.8) is 0 Å². The number of ether oxygens (including phenoxy) is 2. The number of benzene rings is 2. The molecule has 4 aromatic rings. The van der Waals surface area contributed by atoms with Gasteiger partial charge < -0.3 is 15.2 Å². The molecule has 0 bridgehead atoms. The molecule has 32 heavy (non-hydrogen) atoms. The number of esters is 2. The molecule has 0 saturated heterocycles. The number of carbonyl (C=O) groups is 2. The van der Waals surface area contributed by atoms with Crippen LogP contribution in [0.1, 0.15) is 47.9 Å². The van der Waals surface area contributed by atoms with E-state index in [0.717, 1.165) is 0 Å². The fourth-order valence-corrected chi connectivity index (χ4v) is 3.44. The zero-order valence-electron chi connectivity index (χ0n) is 18.2. The predicted molar refractivity (Wildman–Crippen MR) is 122 cm³/mol. The number of rotatable bonds is 6. The monoisotopic (exact) mass is 432 g/mol. The van der Waals surface area contributed by atoms with Crippen LogP contribution in [-0.2, 0) is 9.47 Å². The van der Waals surface area contributed by atoms with Crippen molar-refractivity contribution in [3.05, 3.63) is 59.7 Å². The largest absolute Gasteiger partial charge is 0.462 e. The molecule has 8 nitrogen and oxygen atoms in total. The number of nitrogens with two attached hydrogens (primary N) is 1. The summed E-state index contributed by atoms with van der Waals surface area (Å²) in [4.78, 5) is 34.7. The lowest BCUT2D eigenvalue weighted by atomic mass is 10.2. The van der Waals surface area contributed by atoms with E-state index in [9.17, 15) is 9.59 Å². The third kappa shape index (κ3) is 3.75. The van der Waals surface area contributed by atoms with Crippen molar-refractivity contribution >= 4 is 40.0 Å². The Morgan fingerprint density at radius 1 is 1.03 bits per heavy atom. The highest BCUT2D eigenvalue weighted by Gasteiger charge is 2.27. The molecule has 0 saturated carbocycles. The van der Waals surface area contributed by atoms with Gasteiger partial charge in [-0.05, 0) is 50.6 Å². The first-order valence-corrected chi connectivity index (χ1v) is 10.5. The van der Waals surface area contributed by atoms with Gasteiger partial charge in [0, 0.05) is 5.69 Å². The molecule has 164 valence electrons. The fourth-order valence-electron chi connectivity index (χ4n) is 3.44. The minimum Gasteiger partial charge on any atom is -0.462 e. The van der Waals surface area contributed by atoms with E-state index < -0.39 is 11.9 Å². The van der Waals surface area contributed by atoms with Gasteiger partial charge in [0.15, 0.2) is 5.65 Å². The van der Waals surface area contributed by atoms with Gasteiger partial charge >= 0.3 is 11.9 Å². The molecular weight excluding hydrogens is 408 g/mol. The normalized spacial score (nSPS) is 12.1. The molecule has 4 rings (SSSR count). The van der Waals surface area contributed by atoms with Gasteiger partial charge in [0.05, 0.1) is 29.3 Å². The van der Waals surface area contributed by atoms with Crippen molar-refractivity contribution in [2.75, 3.05) is 12.3 Å². The van der Waals surface area contributed by atoms with Crippen LogP contribution in [0.2, 0.25) is 0 Å². The Morgan fingerprint density at radius 2 is 1.75 bits per heavy atom. The standard InChI is InChI=1S/C24H24N4O4/c1-4-14(3)32-24(30)19-20-22(27-18-12-7-6-11-17(18)26-20)28(21(19)25)16-10-8-9-15(13-16)23(29)31-5-2/h6-14H,4-5,25H2,1-3H3. The van der Waals surface area contributed by atoms with Crippen molar-refractivity contribution < 1.29 is 19.1 Å². The molecule has 0 aliphatic rings. The van der Waals surface area contributed by atoms with Gasteiger partial charge in [0.1, 0.15) is 16.9 Å². The summed E-state index contributed by atoms with van der Waals surface area (Å²) in [5, 5.41) is 0. The lowest BCUT2D eigenvalue weighted by Gasteiger charge is -2.11. The number of nitrogens with zero attached hydrogens (tertiary/aromatic N) is 3. The summed E-state index contributed by atoms with van der Waals surface area (Å²) in [7, 11) is 0. The third-order valence-corrected chi connectivity index (χ3v) is 5.20. The van der Waals surface area contributed by atoms with Crippen molar-refractivity contribution in [3.8, 4) is 5.69 Å². The second-order valence-corrected chi connectivity index (χ2v) is 7.38. The maximum Gasteiger partial charge on any atom is 0.344 e. The Labute approximate surface area is 185 Å². The SMILES string of the molecule is CCOC(=O)c1cccc(-n2c(N)c(C(=O)OC(C)CC)c3nc4ccccc4nc32)c1. The van der Waals surface area contributed by atoms with Crippen LogP contribution in [0.5, 0.6) is 0 Å². The summed E-state index contributed by atoms with van der Waals surface area (Å²) in [6.45, 7) is 5.76. The smallest absolute Gasteiger partial charge is 0.344 e. The molecule has 2 N–H and O–H groups in total. The Bertz CT molecular complexity index is 1330. The molecule has 1 atom stereocenters. The maximum atomic E-state index is 13.0. The second kappa shape index (κ2) is 8.66. The number of fused-ring (bicyclic) bond motifs is 2. The summed E-state index contributed by atoms with van der Waals surface area (Å²) in [5.41, 5.74) is 9.59. The van der Waals surface area contributed by atoms with Gasteiger partial charge in [-0.2, -0.15) is 0 Å². The van der Waals surface area contributed by atoms with E-state index in [4.69, 9.17) is 20.2 Å². The average molecular weight is 432 g/mol. The average Bonchev–Trinajstić information content (AvgIpc) is 3.08. The van der Waals surface area contributed by atoms with E-state index >= 15 is 0 Å². The number of hydrogen-bond donors (Lipinski definition) is 1. The Balaban J connectivity index is 1.97. The lowest BCUT2D eigenvalue weighted by molar-refractivity contribution is 0.0337. The summed E-state index contributed by atoms with van der Waals surface area (Å²) in [6, 6.07) is 14.2. The molecule has 1 unspecified atom stereocenters. The van der Waals surface area contributed by atoms with Crippen molar-refractivity contribution in [1.82, 2.24) is 14.5 Å². The summed E-state index contributed by atoms with van der Waals surface area (Å²) in [6.07, 6.45) is 0.390. The van der Waals surface area contributed by atoms with Crippen LogP contribution in [0.15, 0.2) is 48.5 Å².